The quantitative estimate of drug-likeness (QED) is 0.0393. The SMILES string of the molecule is COc1cc(/C=C\c2cc(OC)c(OCCCCCCCCCCOc3ccc(C4NC(=O)c5cc(C)ccc5N4)cc3CO)c(OC)c2)cc(CO)c1CO. The Balaban J connectivity index is 0.983. The molecule has 4 aromatic carbocycles. The maximum atomic E-state index is 12.7. The first-order chi connectivity index (χ1) is 27.3. The van der Waals surface area contributed by atoms with E-state index in [1.54, 1.807) is 14.2 Å². The summed E-state index contributed by atoms with van der Waals surface area (Å²) in [4.78, 5) is 12.7. The number of methoxy groups -OCH3 is 3. The van der Waals surface area contributed by atoms with Gasteiger partial charge in [0.05, 0.1) is 59.9 Å². The molecule has 5 rings (SSSR count). The van der Waals surface area contributed by atoms with Crippen LogP contribution in [0.5, 0.6) is 28.7 Å². The van der Waals surface area contributed by atoms with Crippen molar-refractivity contribution in [2.45, 2.75) is 84.3 Å². The van der Waals surface area contributed by atoms with Gasteiger partial charge in [0.25, 0.3) is 5.91 Å². The van der Waals surface area contributed by atoms with Gasteiger partial charge in [0.1, 0.15) is 17.7 Å². The normalized spacial score (nSPS) is 13.6. The summed E-state index contributed by atoms with van der Waals surface area (Å²) in [6.07, 6.45) is 12.0. The van der Waals surface area contributed by atoms with Crippen LogP contribution in [0.2, 0.25) is 0 Å². The van der Waals surface area contributed by atoms with Crippen molar-refractivity contribution < 1.29 is 43.8 Å². The second kappa shape index (κ2) is 21.2. The number of nitrogens with one attached hydrogen (secondary N) is 2. The van der Waals surface area contributed by atoms with Crippen molar-refractivity contribution in [3.05, 3.63) is 105 Å². The molecule has 0 spiro atoms. The summed E-state index contributed by atoms with van der Waals surface area (Å²) < 4.78 is 28.9. The Hall–Kier alpha value is -5.23. The number of carbonyl (C=O) groups is 1. The molecular formula is C45H56N2O9. The second-order valence-corrected chi connectivity index (χ2v) is 13.9. The van der Waals surface area contributed by atoms with Crippen molar-refractivity contribution in [2.75, 3.05) is 39.9 Å². The summed E-state index contributed by atoms with van der Waals surface area (Å²) in [5.74, 6) is 2.80. The minimum atomic E-state index is -0.387. The summed E-state index contributed by atoms with van der Waals surface area (Å²) in [6, 6.07) is 18.9. The monoisotopic (exact) mass is 768 g/mol. The maximum Gasteiger partial charge on any atom is 0.255 e. The van der Waals surface area contributed by atoms with Gasteiger partial charge in [0, 0.05) is 16.8 Å². The predicted octanol–water partition coefficient (Wildman–Crippen LogP) is 8.10. The number of carbonyl (C=O) groups excluding carboxylic acids is 1. The number of aliphatic hydroxyl groups excluding tert-OH is 3. The Kier molecular flexibility index (Phi) is 15.9. The zero-order valence-electron chi connectivity index (χ0n) is 33.0. The molecule has 11 heteroatoms. The molecule has 0 aliphatic carbocycles. The van der Waals surface area contributed by atoms with Gasteiger partial charge in [0.2, 0.25) is 5.75 Å². The van der Waals surface area contributed by atoms with Crippen LogP contribution < -0.4 is 34.3 Å². The number of amides is 1. The van der Waals surface area contributed by atoms with Crippen LogP contribution in [-0.4, -0.2) is 55.8 Å². The fourth-order valence-corrected chi connectivity index (χ4v) is 6.86. The first-order valence-electron chi connectivity index (χ1n) is 19.3. The number of unbranched alkanes of at least 4 members (excludes halogenated alkanes) is 7. The summed E-state index contributed by atoms with van der Waals surface area (Å²) in [5.41, 5.74) is 6.86. The van der Waals surface area contributed by atoms with E-state index in [-0.39, 0.29) is 31.9 Å². The van der Waals surface area contributed by atoms with Crippen LogP contribution in [0.3, 0.4) is 0 Å². The highest BCUT2D eigenvalue weighted by Gasteiger charge is 2.25. The largest absolute Gasteiger partial charge is 0.496 e. The first-order valence-corrected chi connectivity index (χ1v) is 19.3. The van der Waals surface area contributed by atoms with Gasteiger partial charge < -0.3 is 49.6 Å². The molecule has 0 saturated heterocycles. The van der Waals surface area contributed by atoms with Gasteiger partial charge in [-0.15, -0.1) is 0 Å². The maximum absolute atomic E-state index is 12.7. The van der Waals surface area contributed by atoms with E-state index in [2.05, 4.69) is 10.6 Å². The number of ether oxygens (including phenoxy) is 5. The lowest BCUT2D eigenvalue weighted by Crippen LogP contribution is -2.38. The minimum Gasteiger partial charge on any atom is -0.496 e. The lowest BCUT2D eigenvalue weighted by molar-refractivity contribution is 0.0935. The van der Waals surface area contributed by atoms with E-state index in [0.29, 0.717) is 64.2 Å². The van der Waals surface area contributed by atoms with Gasteiger partial charge in [-0.3, -0.25) is 4.79 Å². The van der Waals surface area contributed by atoms with E-state index in [9.17, 15) is 20.1 Å². The average molecular weight is 769 g/mol. The highest BCUT2D eigenvalue weighted by Crippen LogP contribution is 2.39. The fourth-order valence-electron chi connectivity index (χ4n) is 6.86. The lowest BCUT2D eigenvalue weighted by atomic mass is 10.0. The van der Waals surface area contributed by atoms with Crippen molar-refractivity contribution in [1.29, 1.82) is 0 Å². The smallest absolute Gasteiger partial charge is 0.255 e. The molecular weight excluding hydrogens is 713 g/mol. The Labute approximate surface area is 330 Å². The number of benzene rings is 4. The number of hydrogen-bond donors (Lipinski definition) is 5. The topological polar surface area (TPSA) is 148 Å². The molecule has 5 N–H and O–H groups in total. The molecule has 4 aromatic rings. The third-order valence-electron chi connectivity index (χ3n) is 9.95. The van der Waals surface area contributed by atoms with Crippen molar-refractivity contribution in [1.82, 2.24) is 5.32 Å². The number of rotatable bonds is 22. The third kappa shape index (κ3) is 11.0. The zero-order chi connectivity index (χ0) is 39.9. The van der Waals surface area contributed by atoms with Crippen LogP contribution in [0.25, 0.3) is 12.2 Å². The van der Waals surface area contributed by atoms with Crippen LogP contribution in [-0.2, 0) is 19.8 Å². The fraction of sp³-hybridized carbons (Fsp3) is 0.400. The molecule has 1 heterocycles. The first kappa shape index (κ1) is 41.9. The minimum absolute atomic E-state index is 0.122. The molecule has 0 radical (unpaired) electrons. The molecule has 0 aromatic heterocycles. The lowest BCUT2D eigenvalue weighted by Gasteiger charge is -2.29. The van der Waals surface area contributed by atoms with Crippen molar-refractivity contribution >= 4 is 23.7 Å². The molecule has 1 aliphatic rings. The number of hydrogen-bond acceptors (Lipinski definition) is 10. The standard InChI is InChI=1S/C45H56N2O9/c1-30-13-17-38-36(21-30)45(51)47-44(46-38)33-16-18-39(35(26-33)28-49)55-19-11-9-7-5-6-8-10-12-20-56-43-41(53-3)24-32(25-42(43)54-4)15-14-31-22-34(27-48)37(29-50)40(23-31)52-2/h13-18,21-26,44,46,48-50H,5-12,19-20,27-29H2,1-4H3,(H,47,51)/b15-14-. The molecule has 56 heavy (non-hydrogen) atoms. The average Bonchev–Trinajstić information content (AvgIpc) is 3.22. The molecule has 0 fully saturated rings. The van der Waals surface area contributed by atoms with Gasteiger partial charge in [-0.05, 0) is 90.6 Å². The summed E-state index contributed by atoms with van der Waals surface area (Å²) in [5, 5.41) is 35.9. The van der Waals surface area contributed by atoms with Crippen LogP contribution in [0.15, 0.2) is 60.7 Å². The number of aryl methyl sites for hydroxylation is 1. The summed E-state index contributed by atoms with van der Waals surface area (Å²) >= 11 is 0. The van der Waals surface area contributed by atoms with Crippen LogP contribution in [0.1, 0.15) is 107 Å². The van der Waals surface area contributed by atoms with Crippen LogP contribution in [0, 0.1) is 6.92 Å². The van der Waals surface area contributed by atoms with E-state index in [1.807, 2.05) is 79.7 Å². The Morgan fingerprint density at radius 2 is 1.20 bits per heavy atom. The zero-order valence-corrected chi connectivity index (χ0v) is 33.0. The second-order valence-electron chi connectivity index (χ2n) is 13.9. The van der Waals surface area contributed by atoms with E-state index < -0.39 is 0 Å². The molecule has 300 valence electrons. The Bertz CT molecular complexity index is 1890. The highest BCUT2D eigenvalue weighted by molar-refractivity contribution is 6.01. The summed E-state index contributed by atoms with van der Waals surface area (Å²) in [6.45, 7) is 2.52. The molecule has 1 unspecified atom stereocenters. The van der Waals surface area contributed by atoms with E-state index >= 15 is 0 Å². The number of aliphatic hydroxyl groups is 3. The van der Waals surface area contributed by atoms with Crippen molar-refractivity contribution in [3.8, 4) is 28.7 Å². The third-order valence-corrected chi connectivity index (χ3v) is 9.95. The van der Waals surface area contributed by atoms with E-state index in [4.69, 9.17) is 23.7 Å². The van der Waals surface area contributed by atoms with Crippen molar-refractivity contribution in [2.24, 2.45) is 0 Å². The highest BCUT2D eigenvalue weighted by atomic mass is 16.5. The predicted molar refractivity (Wildman–Crippen MR) is 219 cm³/mol. The Morgan fingerprint density at radius 1 is 0.607 bits per heavy atom. The van der Waals surface area contributed by atoms with Gasteiger partial charge in [-0.1, -0.05) is 68.4 Å². The van der Waals surface area contributed by atoms with Gasteiger partial charge in [-0.25, -0.2) is 0 Å². The molecule has 1 aliphatic heterocycles. The molecule has 1 atom stereocenters. The number of anilines is 1. The van der Waals surface area contributed by atoms with Crippen molar-refractivity contribution in [3.63, 3.8) is 0 Å². The molecule has 0 bridgehead atoms. The van der Waals surface area contributed by atoms with Gasteiger partial charge >= 0.3 is 0 Å². The molecule has 1 amide bonds. The number of fused-ring (bicyclic) bond motifs is 1. The van der Waals surface area contributed by atoms with E-state index in [1.165, 1.54) is 7.11 Å². The molecule has 11 nitrogen and oxygen atoms in total. The van der Waals surface area contributed by atoms with Gasteiger partial charge in [-0.2, -0.15) is 0 Å². The summed E-state index contributed by atoms with van der Waals surface area (Å²) in [7, 11) is 4.75. The van der Waals surface area contributed by atoms with Gasteiger partial charge in [0.15, 0.2) is 11.5 Å². The van der Waals surface area contributed by atoms with Crippen LogP contribution >= 0.6 is 0 Å². The van der Waals surface area contributed by atoms with Crippen LogP contribution in [0.4, 0.5) is 5.69 Å². The Morgan fingerprint density at radius 3 is 1.80 bits per heavy atom. The molecule has 0 saturated carbocycles. The van der Waals surface area contributed by atoms with E-state index in [0.717, 1.165) is 79.3 Å².